The topological polar surface area (TPSA) is 102 Å². The van der Waals surface area contributed by atoms with E-state index in [1.54, 1.807) is 6.20 Å². The van der Waals surface area contributed by atoms with E-state index in [1.165, 1.54) is 11.8 Å². The summed E-state index contributed by atoms with van der Waals surface area (Å²) in [5, 5.41) is 13.8. The van der Waals surface area contributed by atoms with Crippen molar-refractivity contribution in [1.29, 1.82) is 0 Å². The van der Waals surface area contributed by atoms with E-state index < -0.39 is 0 Å². The molecule has 1 aliphatic carbocycles. The van der Waals surface area contributed by atoms with Crippen molar-refractivity contribution in [1.82, 2.24) is 25.1 Å². The van der Waals surface area contributed by atoms with Crippen molar-refractivity contribution in [3.8, 4) is 0 Å². The highest BCUT2D eigenvalue weighted by atomic mass is 32.2. The van der Waals surface area contributed by atoms with Gasteiger partial charge in [0.15, 0.2) is 5.16 Å². The normalized spacial score (nSPS) is 15.8. The first-order chi connectivity index (χ1) is 16.5. The maximum absolute atomic E-state index is 12.0. The van der Waals surface area contributed by atoms with Crippen molar-refractivity contribution in [2.45, 2.75) is 29.8 Å². The third kappa shape index (κ3) is 5.51. The molecule has 1 saturated carbocycles. The molecule has 1 saturated heterocycles. The smallest absolute Gasteiger partial charge is 0.227 e. The third-order valence-electron chi connectivity index (χ3n) is 5.88. The van der Waals surface area contributed by atoms with Crippen LogP contribution in [0.5, 0.6) is 0 Å². The number of hydrogen-bond donors (Lipinski definition) is 3. The maximum Gasteiger partial charge on any atom is 0.227 e. The van der Waals surface area contributed by atoms with E-state index in [2.05, 4.69) is 37.2 Å². The number of hydrogen-bond acceptors (Lipinski definition) is 8. The Labute approximate surface area is 203 Å². The lowest BCUT2D eigenvalue weighted by Gasteiger charge is -2.36. The summed E-state index contributed by atoms with van der Waals surface area (Å²) in [5.41, 5.74) is 1.91. The van der Waals surface area contributed by atoms with Crippen LogP contribution in [-0.4, -0.2) is 57.2 Å². The number of nitrogens with zero attached hydrogens (tertiary/aromatic N) is 5. The van der Waals surface area contributed by atoms with Crippen LogP contribution < -0.4 is 15.5 Å². The van der Waals surface area contributed by atoms with Gasteiger partial charge in [0.25, 0.3) is 0 Å². The summed E-state index contributed by atoms with van der Waals surface area (Å²) < 4.78 is 0. The predicted octanol–water partition coefficient (Wildman–Crippen LogP) is 4.10. The average Bonchev–Trinajstić information content (AvgIpc) is 3.58. The van der Waals surface area contributed by atoms with Crippen molar-refractivity contribution in [2.24, 2.45) is 5.92 Å². The van der Waals surface area contributed by atoms with Gasteiger partial charge in [0, 0.05) is 60.5 Å². The molecule has 2 aromatic heterocycles. The average molecular weight is 477 g/mol. The van der Waals surface area contributed by atoms with Crippen LogP contribution in [0.4, 0.5) is 23.1 Å². The Bertz CT molecular complexity index is 1150. The van der Waals surface area contributed by atoms with Crippen LogP contribution in [0.2, 0.25) is 0 Å². The molecule has 0 spiro atoms. The van der Waals surface area contributed by atoms with Crippen molar-refractivity contribution in [3.05, 3.63) is 54.9 Å². The number of amides is 1. The van der Waals surface area contributed by atoms with E-state index >= 15 is 0 Å². The fraction of sp³-hybridized carbons (Fsp3) is 0.333. The van der Waals surface area contributed by atoms with Gasteiger partial charge in [-0.3, -0.25) is 9.89 Å². The quantitative estimate of drug-likeness (QED) is 0.418. The second kappa shape index (κ2) is 9.76. The minimum Gasteiger partial charge on any atom is -0.372 e. The Morgan fingerprint density at radius 2 is 1.88 bits per heavy atom. The standard InChI is InChI=1S/C24H28N8OS/c1-16(2)31-11-13-32(14-12-31)22-15-21(27-20-9-10-25-30-20)28-24(29-22)34-19-7-5-18(6-8-19)26-23(33)17-3-4-17/h5-10,15,17H,1,3-4,11-14H2,2H3,(H,26,33)(H2,25,27,28,29,30). The second-order valence-corrected chi connectivity index (χ2v) is 9.63. The lowest BCUT2D eigenvalue weighted by Crippen LogP contribution is -2.45. The molecule has 5 rings (SSSR count). The van der Waals surface area contributed by atoms with Crippen LogP contribution in [-0.2, 0) is 4.79 Å². The van der Waals surface area contributed by atoms with Crippen LogP contribution in [0.3, 0.4) is 0 Å². The molecule has 0 radical (unpaired) electrons. The van der Waals surface area contributed by atoms with Crippen LogP contribution in [0, 0.1) is 5.92 Å². The monoisotopic (exact) mass is 476 g/mol. The highest BCUT2D eigenvalue weighted by Gasteiger charge is 2.29. The van der Waals surface area contributed by atoms with E-state index in [-0.39, 0.29) is 11.8 Å². The molecule has 1 amide bonds. The molecular formula is C24H28N8OS. The van der Waals surface area contributed by atoms with Gasteiger partial charge >= 0.3 is 0 Å². The summed E-state index contributed by atoms with van der Waals surface area (Å²) in [6.45, 7) is 9.68. The lowest BCUT2D eigenvalue weighted by atomic mass is 10.3. The fourth-order valence-electron chi connectivity index (χ4n) is 3.77. The Kier molecular flexibility index (Phi) is 6.39. The molecular weight excluding hydrogens is 448 g/mol. The van der Waals surface area contributed by atoms with Gasteiger partial charge in [0.2, 0.25) is 5.91 Å². The van der Waals surface area contributed by atoms with Crippen molar-refractivity contribution < 1.29 is 4.79 Å². The number of anilines is 4. The van der Waals surface area contributed by atoms with Gasteiger partial charge in [-0.05, 0) is 55.8 Å². The number of aromatic nitrogens is 4. The Hall–Kier alpha value is -3.53. The number of H-pyrrole nitrogens is 1. The third-order valence-corrected chi connectivity index (χ3v) is 6.75. The summed E-state index contributed by atoms with van der Waals surface area (Å²) in [5.74, 6) is 2.64. The summed E-state index contributed by atoms with van der Waals surface area (Å²) >= 11 is 1.49. The van der Waals surface area contributed by atoms with E-state index in [4.69, 9.17) is 9.97 Å². The molecule has 3 heterocycles. The van der Waals surface area contributed by atoms with Gasteiger partial charge in [-0.25, -0.2) is 9.97 Å². The first-order valence-electron chi connectivity index (χ1n) is 11.4. The lowest BCUT2D eigenvalue weighted by molar-refractivity contribution is -0.117. The van der Waals surface area contributed by atoms with Crippen molar-refractivity contribution >= 4 is 40.8 Å². The number of carbonyl (C=O) groups excluding carboxylic acids is 1. The van der Waals surface area contributed by atoms with E-state index in [0.717, 1.165) is 66.9 Å². The van der Waals surface area contributed by atoms with Gasteiger partial charge in [-0.1, -0.05) is 6.58 Å². The van der Waals surface area contributed by atoms with Gasteiger partial charge in [0.05, 0.1) is 6.20 Å². The van der Waals surface area contributed by atoms with Crippen molar-refractivity contribution in [3.63, 3.8) is 0 Å². The van der Waals surface area contributed by atoms with Crippen LogP contribution in [0.25, 0.3) is 0 Å². The predicted molar refractivity (Wildman–Crippen MR) is 134 cm³/mol. The van der Waals surface area contributed by atoms with E-state index in [9.17, 15) is 4.79 Å². The van der Waals surface area contributed by atoms with Gasteiger partial charge < -0.3 is 20.4 Å². The zero-order valence-corrected chi connectivity index (χ0v) is 19.9. The number of piperazine rings is 1. The van der Waals surface area contributed by atoms with Gasteiger partial charge in [0.1, 0.15) is 17.5 Å². The van der Waals surface area contributed by atoms with Crippen LogP contribution >= 0.6 is 11.8 Å². The number of carbonyl (C=O) groups is 1. The number of rotatable bonds is 8. The molecule has 1 aliphatic heterocycles. The second-order valence-electron chi connectivity index (χ2n) is 8.59. The zero-order chi connectivity index (χ0) is 23.5. The number of benzene rings is 1. The molecule has 0 bridgehead atoms. The molecule has 3 aromatic rings. The van der Waals surface area contributed by atoms with E-state index in [1.807, 2.05) is 43.3 Å². The SMILES string of the molecule is C=C(C)N1CCN(c2cc(Nc3ccn[nH]3)nc(Sc3ccc(NC(=O)C4CC4)cc3)n2)CC1. The van der Waals surface area contributed by atoms with E-state index in [0.29, 0.717) is 11.0 Å². The first-order valence-corrected chi connectivity index (χ1v) is 12.2. The number of allylic oxidation sites excluding steroid dienone is 1. The molecule has 176 valence electrons. The van der Waals surface area contributed by atoms with Crippen molar-refractivity contribution in [2.75, 3.05) is 41.7 Å². The maximum atomic E-state index is 12.0. The fourth-order valence-corrected chi connectivity index (χ4v) is 4.53. The number of nitrogens with one attached hydrogen (secondary N) is 3. The molecule has 2 aliphatic rings. The molecule has 1 aromatic carbocycles. The molecule has 3 N–H and O–H groups in total. The summed E-state index contributed by atoms with van der Waals surface area (Å²) in [6, 6.07) is 11.6. The highest BCUT2D eigenvalue weighted by molar-refractivity contribution is 7.99. The van der Waals surface area contributed by atoms with Crippen LogP contribution in [0.1, 0.15) is 19.8 Å². The molecule has 2 fully saturated rings. The zero-order valence-electron chi connectivity index (χ0n) is 19.1. The Morgan fingerprint density at radius 1 is 1.12 bits per heavy atom. The van der Waals surface area contributed by atoms with Gasteiger partial charge in [-0.15, -0.1) is 0 Å². The molecule has 0 unspecified atom stereocenters. The minimum absolute atomic E-state index is 0.109. The molecule has 10 heteroatoms. The Morgan fingerprint density at radius 3 is 2.53 bits per heavy atom. The Balaban J connectivity index is 1.33. The van der Waals surface area contributed by atoms with Crippen LogP contribution in [0.15, 0.2) is 64.9 Å². The number of aromatic amines is 1. The minimum atomic E-state index is 0.109. The summed E-state index contributed by atoms with van der Waals surface area (Å²) in [7, 11) is 0. The first kappa shape index (κ1) is 22.3. The van der Waals surface area contributed by atoms with Gasteiger partial charge in [-0.2, -0.15) is 5.10 Å². The molecule has 34 heavy (non-hydrogen) atoms. The summed E-state index contributed by atoms with van der Waals surface area (Å²) in [4.78, 5) is 27.1. The molecule has 9 nitrogen and oxygen atoms in total. The molecule has 0 atom stereocenters. The largest absolute Gasteiger partial charge is 0.372 e. The highest BCUT2D eigenvalue weighted by Crippen LogP contribution is 2.32. The summed E-state index contributed by atoms with van der Waals surface area (Å²) in [6.07, 6.45) is 3.68.